The normalized spacial score (nSPS) is 15.5. The molecule has 5 heteroatoms. The van der Waals surface area contributed by atoms with Gasteiger partial charge in [0.25, 0.3) is 0 Å². The summed E-state index contributed by atoms with van der Waals surface area (Å²) in [4.78, 5) is 8.95. The molecule has 2 aromatic rings. The predicted octanol–water partition coefficient (Wildman–Crippen LogP) is 2.93. The molecule has 4 nitrogen and oxygen atoms in total. The van der Waals surface area contributed by atoms with E-state index in [4.69, 9.17) is 16.9 Å². The summed E-state index contributed by atoms with van der Waals surface area (Å²) in [7, 11) is 0. The zero-order chi connectivity index (χ0) is 15.4. The molecule has 1 fully saturated rings. The fraction of sp³-hybridized carbons (Fsp3) is 0.294. The van der Waals surface area contributed by atoms with E-state index in [0.717, 1.165) is 38.5 Å². The van der Waals surface area contributed by atoms with Crippen LogP contribution in [0.4, 0.5) is 5.82 Å². The molecule has 1 aliphatic rings. The SMILES string of the molecule is N#Cc1cnc(N2CCN(Cc3ccccc3)CC2)c(Cl)c1. The maximum Gasteiger partial charge on any atom is 0.147 e. The van der Waals surface area contributed by atoms with Crippen molar-refractivity contribution < 1.29 is 0 Å². The molecule has 0 aliphatic carbocycles. The quantitative estimate of drug-likeness (QED) is 0.874. The summed E-state index contributed by atoms with van der Waals surface area (Å²) in [5.74, 6) is 0.778. The van der Waals surface area contributed by atoms with Gasteiger partial charge in [0.1, 0.15) is 11.9 Å². The average molecular weight is 313 g/mol. The molecule has 0 spiro atoms. The first-order valence-electron chi connectivity index (χ1n) is 7.33. The lowest BCUT2D eigenvalue weighted by atomic mass is 10.2. The molecule has 1 aromatic heterocycles. The van der Waals surface area contributed by atoms with E-state index in [1.807, 2.05) is 6.07 Å². The van der Waals surface area contributed by atoms with Crippen LogP contribution in [-0.4, -0.2) is 36.1 Å². The highest BCUT2D eigenvalue weighted by Gasteiger charge is 2.20. The summed E-state index contributed by atoms with van der Waals surface area (Å²) in [6.07, 6.45) is 1.58. The maximum atomic E-state index is 8.87. The van der Waals surface area contributed by atoms with Crippen LogP contribution in [0.25, 0.3) is 0 Å². The molecular formula is C17H17ClN4. The van der Waals surface area contributed by atoms with Crippen molar-refractivity contribution in [3.05, 3.63) is 58.7 Å². The van der Waals surface area contributed by atoms with Crippen molar-refractivity contribution in [3.63, 3.8) is 0 Å². The van der Waals surface area contributed by atoms with Crippen LogP contribution >= 0.6 is 11.6 Å². The van der Waals surface area contributed by atoms with Crippen molar-refractivity contribution in [2.45, 2.75) is 6.54 Å². The first-order valence-corrected chi connectivity index (χ1v) is 7.71. The number of aromatic nitrogens is 1. The summed E-state index contributed by atoms with van der Waals surface area (Å²) in [5, 5.41) is 9.42. The summed E-state index contributed by atoms with van der Waals surface area (Å²) in [6.45, 7) is 4.72. The van der Waals surface area contributed by atoms with Crippen molar-refractivity contribution in [1.82, 2.24) is 9.88 Å². The molecule has 0 bridgehead atoms. The largest absolute Gasteiger partial charge is 0.353 e. The molecule has 0 saturated carbocycles. The van der Waals surface area contributed by atoms with Crippen LogP contribution in [0.2, 0.25) is 5.02 Å². The van der Waals surface area contributed by atoms with Gasteiger partial charge in [0.2, 0.25) is 0 Å². The highest BCUT2D eigenvalue weighted by atomic mass is 35.5. The molecule has 22 heavy (non-hydrogen) atoms. The van der Waals surface area contributed by atoms with Gasteiger partial charge >= 0.3 is 0 Å². The van der Waals surface area contributed by atoms with Gasteiger partial charge in [0, 0.05) is 38.9 Å². The van der Waals surface area contributed by atoms with E-state index >= 15 is 0 Å². The lowest BCUT2D eigenvalue weighted by molar-refractivity contribution is 0.249. The van der Waals surface area contributed by atoms with Crippen LogP contribution in [0.1, 0.15) is 11.1 Å². The number of nitrogens with zero attached hydrogens (tertiary/aromatic N) is 4. The second kappa shape index (κ2) is 6.78. The Morgan fingerprint density at radius 1 is 1.14 bits per heavy atom. The van der Waals surface area contributed by atoms with Crippen LogP contribution < -0.4 is 4.90 Å². The van der Waals surface area contributed by atoms with Crippen LogP contribution in [-0.2, 0) is 6.54 Å². The fourth-order valence-electron chi connectivity index (χ4n) is 2.68. The first-order chi connectivity index (χ1) is 10.8. The third kappa shape index (κ3) is 3.38. The molecule has 0 N–H and O–H groups in total. The van der Waals surface area contributed by atoms with Crippen molar-refractivity contribution in [1.29, 1.82) is 5.26 Å². The van der Waals surface area contributed by atoms with Crippen LogP contribution in [0.5, 0.6) is 0 Å². The summed E-state index contributed by atoms with van der Waals surface area (Å²) in [6, 6.07) is 14.2. The number of halogens is 1. The van der Waals surface area contributed by atoms with Gasteiger partial charge in [0.05, 0.1) is 10.6 Å². The van der Waals surface area contributed by atoms with Crippen molar-refractivity contribution in [2.24, 2.45) is 0 Å². The van der Waals surface area contributed by atoms with E-state index < -0.39 is 0 Å². The highest BCUT2D eigenvalue weighted by molar-refractivity contribution is 6.33. The Kier molecular flexibility index (Phi) is 4.57. The molecular weight excluding hydrogens is 296 g/mol. The van der Waals surface area contributed by atoms with Crippen molar-refractivity contribution in [3.8, 4) is 6.07 Å². The van der Waals surface area contributed by atoms with Gasteiger partial charge in [-0.25, -0.2) is 4.98 Å². The molecule has 1 aliphatic heterocycles. The van der Waals surface area contributed by atoms with Crippen molar-refractivity contribution in [2.75, 3.05) is 31.1 Å². The first kappa shape index (κ1) is 14.8. The second-order valence-electron chi connectivity index (χ2n) is 5.39. The lowest BCUT2D eigenvalue weighted by Crippen LogP contribution is -2.46. The van der Waals surface area contributed by atoms with Gasteiger partial charge in [0.15, 0.2) is 0 Å². The molecule has 2 heterocycles. The Labute approximate surface area is 135 Å². The standard InChI is InChI=1S/C17H17ClN4/c18-16-10-15(11-19)12-20-17(16)22-8-6-21(7-9-22)13-14-4-2-1-3-5-14/h1-5,10,12H,6-9,13H2. The van der Waals surface area contributed by atoms with Gasteiger partial charge < -0.3 is 4.90 Å². The van der Waals surface area contributed by atoms with Gasteiger partial charge in [-0.2, -0.15) is 5.26 Å². The highest BCUT2D eigenvalue weighted by Crippen LogP contribution is 2.25. The predicted molar refractivity (Wildman–Crippen MR) is 87.9 cm³/mol. The summed E-state index contributed by atoms with van der Waals surface area (Å²) < 4.78 is 0. The molecule has 112 valence electrons. The van der Waals surface area contributed by atoms with E-state index in [9.17, 15) is 0 Å². The number of anilines is 1. The molecule has 0 amide bonds. The van der Waals surface area contributed by atoms with Crippen LogP contribution in [0.15, 0.2) is 42.6 Å². The molecule has 3 rings (SSSR count). The Balaban J connectivity index is 1.61. The number of benzene rings is 1. The summed E-state index contributed by atoms with van der Waals surface area (Å²) in [5.41, 5.74) is 1.84. The molecule has 0 unspecified atom stereocenters. The molecule has 1 saturated heterocycles. The van der Waals surface area contributed by atoms with Gasteiger partial charge in [-0.3, -0.25) is 4.90 Å². The van der Waals surface area contributed by atoms with E-state index in [1.165, 1.54) is 5.56 Å². The molecule has 0 radical (unpaired) electrons. The average Bonchev–Trinajstić information content (AvgIpc) is 2.56. The Bertz CT molecular complexity index is 673. The number of nitriles is 1. The Morgan fingerprint density at radius 2 is 1.86 bits per heavy atom. The van der Waals surface area contributed by atoms with Gasteiger partial charge in [-0.05, 0) is 11.6 Å². The monoisotopic (exact) mass is 312 g/mol. The van der Waals surface area contributed by atoms with Crippen LogP contribution in [0, 0.1) is 11.3 Å². The van der Waals surface area contributed by atoms with Gasteiger partial charge in [-0.15, -0.1) is 0 Å². The minimum Gasteiger partial charge on any atom is -0.353 e. The van der Waals surface area contributed by atoms with E-state index in [0.29, 0.717) is 10.6 Å². The number of pyridine rings is 1. The smallest absolute Gasteiger partial charge is 0.147 e. The van der Waals surface area contributed by atoms with E-state index in [1.54, 1.807) is 12.3 Å². The Morgan fingerprint density at radius 3 is 2.50 bits per heavy atom. The zero-order valence-electron chi connectivity index (χ0n) is 12.2. The van der Waals surface area contributed by atoms with Gasteiger partial charge in [-0.1, -0.05) is 41.9 Å². The minimum atomic E-state index is 0.497. The van der Waals surface area contributed by atoms with Crippen molar-refractivity contribution >= 4 is 17.4 Å². The minimum absolute atomic E-state index is 0.497. The summed E-state index contributed by atoms with van der Waals surface area (Å²) >= 11 is 6.24. The lowest BCUT2D eigenvalue weighted by Gasteiger charge is -2.35. The molecule has 0 atom stereocenters. The van der Waals surface area contributed by atoms with Crippen LogP contribution in [0.3, 0.4) is 0 Å². The maximum absolute atomic E-state index is 8.87. The number of rotatable bonds is 3. The Hall–Kier alpha value is -2.09. The number of piperazine rings is 1. The zero-order valence-corrected chi connectivity index (χ0v) is 13.0. The second-order valence-corrected chi connectivity index (χ2v) is 5.80. The number of hydrogen-bond acceptors (Lipinski definition) is 4. The third-order valence-corrected chi connectivity index (χ3v) is 4.15. The number of hydrogen-bond donors (Lipinski definition) is 0. The molecule has 1 aromatic carbocycles. The van der Waals surface area contributed by atoms with E-state index in [2.05, 4.69) is 45.1 Å². The third-order valence-electron chi connectivity index (χ3n) is 3.87. The fourth-order valence-corrected chi connectivity index (χ4v) is 2.97. The van der Waals surface area contributed by atoms with E-state index in [-0.39, 0.29) is 0 Å². The topological polar surface area (TPSA) is 43.2 Å².